The summed E-state index contributed by atoms with van der Waals surface area (Å²) in [5.74, 6) is 0.720. The lowest BCUT2D eigenvalue weighted by Gasteiger charge is -2.45. The van der Waals surface area contributed by atoms with Crippen LogP contribution in [0.3, 0.4) is 0 Å². The van der Waals surface area contributed by atoms with Crippen molar-refractivity contribution in [1.82, 2.24) is 14.5 Å². The van der Waals surface area contributed by atoms with Gasteiger partial charge in [0.25, 0.3) is 5.91 Å². The summed E-state index contributed by atoms with van der Waals surface area (Å²) in [6.07, 6.45) is -2.29. The predicted molar refractivity (Wildman–Crippen MR) is 109 cm³/mol. The molecule has 0 saturated carbocycles. The summed E-state index contributed by atoms with van der Waals surface area (Å²) in [5.41, 5.74) is -0.561. The summed E-state index contributed by atoms with van der Waals surface area (Å²) in [7, 11) is 1.52. The van der Waals surface area contributed by atoms with E-state index >= 15 is 0 Å². The SMILES string of the molecule is COc1ccc(C(=O)N2CCC3(CC2)Oc2ccccc2-n2c(C(F)(F)F)ccc23)nc1. The number of fused-ring (bicyclic) bond motifs is 4. The van der Waals surface area contributed by atoms with Crippen LogP contribution in [0.25, 0.3) is 5.69 Å². The largest absolute Gasteiger partial charge is 0.495 e. The molecule has 32 heavy (non-hydrogen) atoms. The number of likely N-dealkylation sites (tertiary alicyclic amines) is 1. The van der Waals surface area contributed by atoms with E-state index in [2.05, 4.69) is 4.98 Å². The molecule has 0 bridgehead atoms. The predicted octanol–water partition coefficient (Wildman–Crippen LogP) is 4.42. The first-order valence-electron chi connectivity index (χ1n) is 10.2. The van der Waals surface area contributed by atoms with E-state index < -0.39 is 17.5 Å². The summed E-state index contributed by atoms with van der Waals surface area (Å²) >= 11 is 0. The van der Waals surface area contributed by atoms with Crippen LogP contribution in [-0.4, -0.2) is 40.6 Å². The Hall–Kier alpha value is -3.49. The molecule has 2 aliphatic rings. The number of carbonyl (C=O) groups is 1. The molecule has 0 N–H and O–H groups in total. The smallest absolute Gasteiger partial charge is 0.431 e. The molecule has 0 unspecified atom stereocenters. The fourth-order valence-corrected chi connectivity index (χ4v) is 4.48. The minimum atomic E-state index is -4.50. The summed E-state index contributed by atoms with van der Waals surface area (Å²) in [6.45, 7) is 0.669. The number of benzene rings is 1. The molecule has 2 aliphatic heterocycles. The number of halogens is 3. The molecule has 1 saturated heterocycles. The highest BCUT2D eigenvalue weighted by molar-refractivity contribution is 5.92. The van der Waals surface area contributed by atoms with Crippen molar-refractivity contribution in [3.05, 3.63) is 71.8 Å². The van der Waals surface area contributed by atoms with Gasteiger partial charge in [0.15, 0.2) is 5.60 Å². The van der Waals surface area contributed by atoms with Gasteiger partial charge in [0.05, 0.1) is 24.7 Å². The third-order valence-electron chi connectivity index (χ3n) is 6.10. The third-order valence-corrected chi connectivity index (χ3v) is 6.10. The Kier molecular flexibility index (Phi) is 4.65. The minimum absolute atomic E-state index is 0.231. The Labute approximate surface area is 182 Å². The molecule has 9 heteroatoms. The topological polar surface area (TPSA) is 56.6 Å². The van der Waals surface area contributed by atoms with E-state index in [1.165, 1.54) is 23.9 Å². The second-order valence-corrected chi connectivity index (χ2v) is 7.88. The molecule has 0 atom stereocenters. The average Bonchev–Trinajstić information content (AvgIpc) is 3.27. The molecule has 2 aromatic heterocycles. The molecule has 1 fully saturated rings. The number of methoxy groups -OCH3 is 1. The molecule has 3 aromatic rings. The number of pyridine rings is 1. The molecule has 166 valence electrons. The Morgan fingerprint density at radius 3 is 2.50 bits per heavy atom. The van der Waals surface area contributed by atoms with Gasteiger partial charge in [0, 0.05) is 25.9 Å². The van der Waals surface area contributed by atoms with Gasteiger partial charge in [-0.25, -0.2) is 4.98 Å². The van der Waals surface area contributed by atoms with Crippen LogP contribution >= 0.6 is 0 Å². The lowest BCUT2D eigenvalue weighted by Crippen LogP contribution is -2.50. The second kappa shape index (κ2) is 7.29. The van der Waals surface area contributed by atoms with E-state index in [1.54, 1.807) is 41.3 Å². The molecule has 1 aromatic carbocycles. The fourth-order valence-electron chi connectivity index (χ4n) is 4.48. The molecule has 0 radical (unpaired) electrons. The summed E-state index contributed by atoms with van der Waals surface area (Å²) in [5, 5.41) is 0. The molecule has 5 rings (SSSR count). The van der Waals surface area contributed by atoms with Crippen LogP contribution in [0.2, 0.25) is 0 Å². The van der Waals surface area contributed by atoms with Crippen LogP contribution in [-0.2, 0) is 11.8 Å². The monoisotopic (exact) mass is 443 g/mol. The summed E-state index contributed by atoms with van der Waals surface area (Å²) in [4.78, 5) is 18.7. The number of aromatic nitrogens is 2. The van der Waals surface area contributed by atoms with Gasteiger partial charge >= 0.3 is 6.18 Å². The highest BCUT2D eigenvalue weighted by Crippen LogP contribution is 2.48. The number of carbonyl (C=O) groups excluding carboxylic acids is 1. The maximum Gasteiger partial charge on any atom is 0.431 e. The van der Waals surface area contributed by atoms with E-state index in [0.717, 1.165) is 6.07 Å². The summed E-state index contributed by atoms with van der Waals surface area (Å²) < 4.78 is 53.9. The first-order chi connectivity index (χ1) is 15.3. The number of hydrogen-bond acceptors (Lipinski definition) is 4. The maximum absolute atomic E-state index is 13.7. The zero-order chi connectivity index (χ0) is 22.5. The first kappa shape index (κ1) is 20.4. The van der Waals surface area contributed by atoms with Crippen LogP contribution in [0, 0.1) is 0 Å². The van der Waals surface area contributed by atoms with E-state index in [0.29, 0.717) is 54.5 Å². The van der Waals surface area contributed by atoms with Crippen molar-refractivity contribution in [2.45, 2.75) is 24.6 Å². The minimum Gasteiger partial charge on any atom is -0.495 e. The van der Waals surface area contributed by atoms with Gasteiger partial charge in [0.2, 0.25) is 0 Å². The van der Waals surface area contributed by atoms with Gasteiger partial charge in [-0.3, -0.25) is 4.79 Å². The average molecular weight is 443 g/mol. The van der Waals surface area contributed by atoms with Crippen molar-refractivity contribution < 1.29 is 27.4 Å². The maximum atomic E-state index is 13.7. The van der Waals surface area contributed by atoms with Crippen molar-refractivity contribution in [3.63, 3.8) is 0 Å². The molecule has 0 aliphatic carbocycles. The first-order valence-corrected chi connectivity index (χ1v) is 10.2. The number of rotatable bonds is 2. The van der Waals surface area contributed by atoms with Crippen LogP contribution < -0.4 is 9.47 Å². The highest BCUT2D eigenvalue weighted by atomic mass is 19.4. The zero-order valence-electron chi connectivity index (χ0n) is 17.2. The number of amides is 1. The molecule has 6 nitrogen and oxygen atoms in total. The van der Waals surface area contributed by atoms with Crippen LogP contribution in [0.5, 0.6) is 11.5 Å². The van der Waals surface area contributed by atoms with Gasteiger partial charge in [0.1, 0.15) is 22.9 Å². The van der Waals surface area contributed by atoms with E-state index in [-0.39, 0.29) is 5.91 Å². The number of alkyl halides is 3. The Balaban J connectivity index is 1.45. The summed E-state index contributed by atoms with van der Waals surface area (Å²) in [6, 6.07) is 12.6. The molecule has 4 heterocycles. The number of piperidine rings is 1. The molecular formula is C23H20F3N3O3. The highest BCUT2D eigenvalue weighted by Gasteiger charge is 2.48. The number of para-hydroxylation sites is 2. The Morgan fingerprint density at radius 1 is 1.09 bits per heavy atom. The van der Waals surface area contributed by atoms with Crippen LogP contribution in [0.1, 0.15) is 34.7 Å². The van der Waals surface area contributed by atoms with Crippen molar-refractivity contribution in [3.8, 4) is 17.2 Å². The van der Waals surface area contributed by atoms with Gasteiger partial charge in [-0.2, -0.15) is 13.2 Å². The van der Waals surface area contributed by atoms with Crippen molar-refractivity contribution in [1.29, 1.82) is 0 Å². The molecule has 1 spiro atoms. The fraction of sp³-hybridized carbons (Fsp3) is 0.304. The van der Waals surface area contributed by atoms with Gasteiger partial charge in [-0.1, -0.05) is 12.1 Å². The van der Waals surface area contributed by atoms with E-state index in [9.17, 15) is 18.0 Å². The van der Waals surface area contributed by atoms with E-state index in [4.69, 9.17) is 9.47 Å². The molecule has 1 amide bonds. The third kappa shape index (κ3) is 3.19. The Bertz CT molecular complexity index is 1160. The van der Waals surface area contributed by atoms with Crippen molar-refractivity contribution in [2.75, 3.05) is 20.2 Å². The van der Waals surface area contributed by atoms with Gasteiger partial charge < -0.3 is 18.9 Å². The lowest BCUT2D eigenvalue weighted by molar-refractivity contribution is -0.143. The van der Waals surface area contributed by atoms with Crippen molar-refractivity contribution >= 4 is 5.91 Å². The van der Waals surface area contributed by atoms with Crippen LogP contribution in [0.4, 0.5) is 13.2 Å². The van der Waals surface area contributed by atoms with Crippen molar-refractivity contribution in [2.24, 2.45) is 0 Å². The van der Waals surface area contributed by atoms with Gasteiger partial charge in [-0.05, 0) is 36.4 Å². The number of hydrogen-bond donors (Lipinski definition) is 0. The van der Waals surface area contributed by atoms with Gasteiger partial charge in [-0.15, -0.1) is 0 Å². The quantitative estimate of drug-likeness (QED) is 0.588. The number of ether oxygens (including phenoxy) is 2. The lowest BCUT2D eigenvalue weighted by atomic mass is 9.86. The zero-order valence-corrected chi connectivity index (χ0v) is 17.2. The standard InChI is InChI=1S/C23H20F3N3O3/c1-31-15-6-7-16(27-14-15)21(30)28-12-10-22(11-13-28)19-8-9-20(23(24,25)26)29(19)17-4-2-3-5-18(17)32-22/h2-9,14H,10-13H2,1H3. The normalized spacial score (nSPS) is 16.8. The Morgan fingerprint density at radius 2 is 1.84 bits per heavy atom. The molecular weight excluding hydrogens is 423 g/mol. The number of nitrogens with zero attached hydrogens (tertiary/aromatic N) is 3. The van der Waals surface area contributed by atoms with Crippen LogP contribution in [0.15, 0.2) is 54.7 Å². The van der Waals surface area contributed by atoms with E-state index in [1.807, 2.05) is 0 Å². The second-order valence-electron chi connectivity index (χ2n) is 7.88.